The van der Waals surface area contributed by atoms with E-state index in [0.717, 1.165) is 26.8 Å². The van der Waals surface area contributed by atoms with Gasteiger partial charge in [-0.15, -0.1) is 0 Å². The molecular formula is C22H21NO2S. The fourth-order valence-electron chi connectivity index (χ4n) is 2.45. The van der Waals surface area contributed by atoms with Crippen LogP contribution in [0.25, 0.3) is 0 Å². The zero-order valence-electron chi connectivity index (χ0n) is 14.6. The van der Waals surface area contributed by atoms with Gasteiger partial charge >= 0.3 is 0 Å². The third-order valence-corrected chi connectivity index (χ3v) is 4.80. The third kappa shape index (κ3) is 5.39. The number of hydrogen-bond donors (Lipinski definition) is 1. The van der Waals surface area contributed by atoms with Crippen LogP contribution in [0.2, 0.25) is 0 Å². The molecule has 0 saturated carbocycles. The standard InChI is InChI=1S/C22H21NO2S/c1-17-8-7-9-18(16-17)25-15-14-22(24)23-20-12-5-6-13-21(20)26-19-10-3-2-4-11-19/h2-13,16H,14-15H2,1H3,(H,23,24). The average molecular weight is 363 g/mol. The Hall–Kier alpha value is -2.72. The van der Waals surface area contributed by atoms with Crippen LogP contribution in [0, 0.1) is 6.92 Å². The van der Waals surface area contributed by atoms with E-state index in [1.807, 2.05) is 73.7 Å². The Kier molecular flexibility index (Phi) is 6.34. The van der Waals surface area contributed by atoms with E-state index < -0.39 is 0 Å². The molecule has 0 aliphatic rings. The fraction of sp³-hybridized carbons (Fsp3) is 0.136. The first kappa shape index (κ1) is 18.1. The zero-order chi connectivity index (χ0) is 18.2. The van der Waals surface area contributed by atoms with Crippen LogP contribution in [0.5, 0.6) is 5.75 Å². The summed E-state index contributed by atoms with van der Waals surface area (Å²) in [6, 6.07) is 25.8. The van der Waals surface area contributed by atoms with E-state index in [-0.39, 0.29) is 5.91 Å². The summed E-state index contributed by atoms with van der Waals surface area (Å²) in [5, 5.41) is 2.99. The molecule has 132 valence electrons. The van der Waals surface area contributed by atoms with E-state index in [1.165, 1.54) is 0 Å². The first-order valence-electron chi connectivity index (χ1n) is 8.52. The Balaban J connectivity index is 1.56. The molecular weight excluding hydrogens is 342 g/mol. The average Bonchev–Trinajstić information content (AvgIpc) is 2.64. The predicted octanol–water partition coefficient (Wildman–Crippen LogP) is 5.55. The van der Waals surface area contributed by atoms with Crippen molar-refractivity contribution < 1.29 is 9.53 Å². The SMILES string of the molecule is Cc1cccc(OCCC(=O)Nc2ccccc2Sc2ccccc2)c1. The molecule has 3 aromatic carbocycles. The lowest BCUT2D eigenvalue weighted by Gasteiger charge is -2.11. The molecule has 0 saturated heterocycles. The smallest absolute Gasteiger partial charge is 0.227 e. The summed E-state index contributed by atoms with van der Waals surface area (Å²) >= 11 is 1.63. The lowest BCUT2D eigenvalue weighted by molar-refractivity contribution is -0.116. The Morgan fingerprint density at radius 1 is 0.962 bits per heavy atom. The van der Waals surface area contributed by atoms with E-state index in [2.05, 4.69) is 17.4 Å². The molecule has 0 spiro atoms. The number of carbonyl (C=O) groups is 1. The highest BCUT2D eigenvalue weighted by Gasteiger charge is 2.08. The lowest BCUT2D eigenvalue weighted by atomic mass is 10.2. The van der Waals surface area contributed by atoms with Gasteiger partial charge in [0, 0.05) is 9.79 Å². The van der Waals surface area contributed by atoms with Gasteiger partial charge in [-0.2, -0.15) is 0 Å². The van der Waals surface area contributed by atoms with Gasteiger partial charge in [0.2, 0.25) is 5.91 Å². The van der Waals surface area contributed by atoms with E-state index in [9.17, 15) is 4.79 Å². The van der Waals surface area contributed by atoms with Crippen molar-refractivity contribution in [2.75, 3.05) is 11.9 Å². The normalized spacial score (nSPS) is 10.3. The van der Waals surface area contributed by atoms with Gasteiger partial charge in [0.05, 0.1) is 18.7 Å². The van der Waals surface area contributed by atoms with Gasteiger partial charge in [0.15, 0.2) is 0 Å². The van der Waals surface area contributed by atoms with Crippen molar-refractivity contribution in [3.8, 4) is 5.75 Å². The molecule has 1 N–H and O–H groups in total. The molecule has 3 rings (SSSR count). The molecule has 0 aromatic heterocycles. The summed E-state index contributed by atoms with van der Waals surface area (Å²) in [6.45, 7) is 2.37. The number of benzene rings is 3. The monoisotopic (exact) mass is 363 g/mol. The van der Waals surface area contributed by atoms with Gasteiger partial charge < -0.3 is 10.1 Å². The van der Waals surface area contributed by atoms with Crippen molar-refractivity contribution in [2.45, 2.75) is 23.1 Å². The van der Waals surface area contributed by atoms with Crippen molar-refractivity contribution >= 4 is 23.4 Å². The minimum Gasteiger partial charge on any atom is -0.493 e. The van der Waals surface area contributed by atoms with Gasteiger partial charge in [-0.05, 0) is 48.9 Å². The maximum Gasteiger partial charge on any atom is 0.227 e. The molecule has 26 heavy (non-hydrogen) atoms. The third-order valence-electron chi connectivity index (χ3n) is 3.72. The summed E-state index contributed by atoms with van der Waals surface area (Å²) in [6.07, 6.45) is 0.304. The molecule has 0 atom stereocenters. The van der Waals surface area contributed by atoms with Crippen LogP contribution in [-0.2, 0) is 4.79 Å². The van der Waals surface area contributed by atoms with E-state index in [0.29, 0.717) is 13.0 Å². The van der Waals surface area contributed by atoms with Crippen molar-refractivity contribution in [1.29, 1.82) is 0 Å². The van der Waals surface area contributed by atoms with Gasteiger partial charge in [-0.3, -0.25) is 4.79 Å². The molecule has 0 bridgehead atoms. The van der Waals surface area contributed by atoms with Gasteiger partial charge in [0.25, 0.3) is 0 Å². The lowest BCUT2D eigenvalue weighted by Crippen LogP contribution is -2.15. The fourth-order valence-corrected chi connectivity index (χ4v) is 3.38. The molecule has 1 amide bonds. The second-order valence-electron chi connectivity index (χ2n) is 5.87. The minimum atomic E-state index is -0.0567. The predicted molar refractivity (Wildman–Crippen MR) is 107 cm³/mol. The molecule has 0 heterocycles. The number of aryl methyl sites for hydroxylation is 1. The number of para-hydroxylation sites is 1. The Morgan fingerprint density at radius 3 is 2.54 bits per heavy atom. The van der Waals surface area contributed by atoms with Crippen molar-refractivity contribution in [2.24, 2.45) is 0 Å². The quantitative estimate of drug-likeness (QED) is 0.598. The maximum atomic E-state index is 12.3. The maximum absolute atomic E-state index is 12.3. The van der Waals surface area contributed by atoms with Crippen LogP contribution in [0.3, 0.4) is 0 Å². The van der Waals surface area contributed by atoms with E-state index in [1.54, 1.807) is 11.8 Å². The molecule has 0 unspecified atom stereocenters. The Bertz CT molecular complexity index is 865. The van der Waals surface area contributed by atoms with Crippen molar-refractivity contribution in [3.05, 3.63) is 84.4 Å². The van der Waals surface area contributed by atoms with E-state index in [4.69, 9.17) is 4.74 Å². The van der Waals surface area contributed by atoms with Crippen LogP contribution >= 0.6 is 11.8 Å². The molecule has 3 aromatic rings. The molecule has 3 nitrogen and oxygen atoms in total. The molecule has 0 fully saturated rings. The Morgan fingerprint density at radius 2 is 1.73 bits per heavy atom. The highest BCUT2D eigenvalue weighted by atomic mass is 32.2. The second kappa shape index (κ2) is 9.11. The van der Waals surface area contributed by atoms with Gasteiger partial charge in [-0.25, -0.2) is 0 Å². The number of hydrogen-bond acceptors (Lipinski definition) is 3. The number of rotatable bonds is 7. The van der Waals surface area contributed by atoms with Crippen LogP contribution in [-0.4, -0.2) is 12.5 Å². The molecule has 4 heteroatoms. The van der Waals surface area contributed by atoms with Crippen LogP contribution in [0.1, 0.15) is 12.0 Å². The zero-order valence-corrected chi connectivity index (χ0v) is 15.5. The van der Waals surface area contributed by atoms with Crippen molar-refractivity contribution in [3.63, 3.8) is 0 Å². The number of ether oxygens (including phenoxy) is 1. The Labute approximate surface area is 158 Å². The van der Waals surface area contributed by atoms with Gasteiger partial charge in [0.1, 0.15) is 5.75 Å². The minimum absolute atomic E-state index is 0.0567. The summed E-state index contributed by atoms with van der Waals surface area (Å²) < 4.78 is 5.66. The highest BCUT2D eigenvalue weighted by Crippen LogP contribution is 2.33. The van der Waals surface area contributed by atoms with Crippen molar-refractivity contribution in [1.82, 2.24) is 0 Å². The first-order valence-corrected chi connectivity index (χ1v) is 9.33. The number of nitrogens with one attached hydrogen (secondary N) is 1. The van der Waals surface area contributed by atoms with Crippen LogP contribution in [0.4, 0.5) is 5.69 Å². The number of anilines is 1. The van der Waals surface area contributed by atoms with E-state index >= 15 is 0 Å². The topological polar surface area (TPSA) is 38.3 Å². The second-order valence-corrected chi connectivity index (χ2v) is 6.99. The van der Waals surface area contributed by atoms with Crippen LogP contribution in [0.15, 0.2) is 88.7 Å². The summed E-state index contributed by atoms with van der Waals surface area (Å²) in [5.74, 6) is 0.733. The van der Waals surface area contributed by atoms with Crippen LogP contribution < -0.4 is 10.1 Å². The molecule has 0 aliphatic carbocycles. The number of amides is 1. The largest absolute Gasteiger partial charge is 0.493 e. The molecule has 0 aliphatic heterocycles. The summed E-state index contributed by atoms with van der Waals surface area (Å²) in [7, 11) is 0. The summed E-state index contributed by atoms with van der Waals surface area (Å²) in [5.41, 5.74) is 1.96. The van der Waals surface area contributed by atoms with Gasteiger partial charge in [-0.1, -0.05) is 54.2 Å². The highest BCUT2D eigenvalue weighted by molar-refractivity contribution is 7.99. The summed E-state index contributed by atoms with van der Waals surface area (Å²) in [4.78, 5) is 14.4. The number of carbonyl (C=O) groups excluding carboxylic acids is 1. The first-order chi connectivity index (χ1) is 12.7. The molecule has 0 radical (unpaired) electrons.